The van der Waals surface area contributed by atoms with Crippen molar-refractivity contribution in [3.63, 3.8) is 0 Å². The first-order valence-corrected chi connectivity index (χ1v) is 4.77. The number of benzene rings is 1. The molecule has 16 heavy (non-hydrogen) atoms. The summed E-state index contributed by atoms with van der Waals surface area (Å²) in [5, 5.41) is 12.6. The first kappa shape index (κ1) is 12.0. The normalized spacial score (nSPS) is 11.6. The van der Waals surface area contributed by atoms with Crippen LogP contribution in [0.25, 0.3) is 0 Å². The van der Waals surface area contributed by atoms with Crippen LogP contribution in [0.2, 0.25) is 0 Å². The number of rotatable bonds is 5. The lowest BCUT2D eigenvalue weighted by molar-refractivity contribution is -0.307. The van der Waals surface area contributed by atoms with Gasteiger partial charge in [-0.15, -0.1) is 0 Å². The van der Waals surface area contributed by atoms with E-state index in [0.29, 0.717) is 5.75 Å². The molecule has 1 rings (SSSR count). The summed E-state index contributed by atoms with van der Waals surface area (Å²) in [5.41, 5.74) is 0. The van der Waals surface area contributed by atoms with Crippen LogP contribution in [0.5, 0.6) is 5.75 Å². The first-order chi connectivity index (χ1) is 7.59. The predicted octanol–water partition coefficient (Wildman–Crippen LogP) is -0.680. The second-order valence-corrected chi connectivity index (χ2v) is 3.21. The molecule has 0 radical (unpaired) electrons. The summed E-state index contributed by atoms with van der Waals surface area (Å²) in [6.07, 6.45) is 0. The van der Waals surface area contributed by atoms with Gasteiger partial charge in [-0.2, -0.15) is 0 Å². The fourth-order valence-corrected chi connectivity index (χ4v) is 1.01. The van der Waals surface area contributed by atoms with Gasteiger partial charge in [-0.05, 0) is 19.1 Å². The molecule has 0 heterocycles. The topological polar surface area (TPSA) is 78.5 Å². The van der Waals surface area contributed by atoms with E-state index in [9.17, 15) is 14.7 Å². The fraction of sp³-hybridized carbons (Fsp3) is 0.273. The molecule has 1 atom stereocenters. The van der Waals surface area contributed by atoms with E-state index >= 15 is 0 Å². The van der Waals surface area contributed by atoms with Crippen molar-refractivity contribution in [2.24, 2.45) is 0 Å². The van der Waals surface area contributed by atoms with E-state index in [2.05, 4.69) is 5.32 Å². The molecule has 1 aromatic carbocycles. The van der Waals surface area contributed by atoms with Crippen LogP contribution in [-0.2, 0) is 9.59 Å². The zero-order valence-electron chi connectivity index (χ0n) is 8.80. The van der Waals surface area contributed by atoms with Crippen molar-refractivity contribution in [3.05, 3.63) is 30.3 Å². The van der Waals surface area contributed by atoms with Crippen LogP contribution in [0.3, 0.4) is 0 Å². The molecular formula is C11H12NO4-. The minimum atomic E-state index is -1.33. The minimum Gasteiger partial charge on any atom is -0.548 e. The fourth-order valence-electron chi connectivity index (χ4n) is 1.01. The molecular weight excluding hydrogens is 210 g/mol. The van der Waals surface area contributed by atoms with Gasteiger partial charge in [0.1, 0.15) is 5.75 Å². The molecule has 0 bridgehead atoms. The first-order valence-electron chi connectivity index (χ1n) is 4.77. The van der Waals surface area contributed by atoms with Gasteiger partial charge in [-0.25, -0.2) is 0 Å². The maximum absolute atomic E-state index is 11.2. The van der Waals surface area contributed by atoms with Crippen molar-refractivity contribution in [2.75, 3.05) is 6.61 Å². The van der Waals surface area contributed by atoms with Gasteiger partial charge in [0, 0.05) is 0 Å². The Hall–Kier alpha value is -2.04. The second kappa shape index (κ2) is 5.75. The quantitative estimate of drug-likeness (QED) is 0.716. The molecule has 0 aromatic heterocycles. The number of carboxylic acids is 1. The van der Waals surface area contributed by atoms with Crippen LogP contribution in [0.4, 0.5) is 0 Å². The van der Waals surface area contributed by atoms with Crippen LogP contribution < -0.4 is 15.2 Å². The van der Waals surface area contributed by atoms with Gasteiger partial charge in [-0.1, -0.05) is 18.2 Å². The third-order valence-electron chi connectivity index (χ3n) is 1.84. The average Bonchev–Trinajstić information content (AvgIpc) is 2.27. The summed E-state index contributed by atoms with van der Waals surface area (Å²) < 4.78 is 5.12. The Balaban J connectivity index is 2.33. The van der Waals surface area contributed by atoms with Gasteiger partial charge < -0.3 is 20.0 Å². The molecule has 0 saturated carbocycles. The highest BCUT2D eigenvalue weighted by atomic mass is 16.5. The zero-order chi connectivity index (χ0) is 12.0. The Morgan fingerprint density at radius 2 is 2.00 bits per heavy atom. The molecule has 0 aliphatic carbocycles. The van der Waals surface area contributed by atoms with Crippen molar-refractivity contribution < 1.29 is 19.4 Å². The van der Waals surface area contributed by atoms with E-state index in [0.717, 1.165) is 0 Å². The van der Waals surface area contributed by atoms with E-state index in [1.165, 1.54) is 6.92 Å². The Bertz CT molecular complexity index is 364. The number of para-hydroxylation sites is 1. The van der Waals surface area contributed by atoms with E-state index in [1.54, 1.807) is 24.3 Å². The molecule has 0 aliphatic heterocycles. The van der Waals surface area contributed by atoms with E-state index in [1.807, 2.05) is 6.07 Å². The van der Waals surface area contributed by atoms with Crippen molar-refractivity contribution in [1.82, 2.24) is 5.32 Å². The largest absolute Gasteiger partial charge is 0.548 e. The van der Waals surface area contributed by atoms with E-state index in [4.69, 9.17) is 4.74 Å². The van der Waals surface area contributed by atoms with E-state index in [-0.39, 0.29) is 6.61 Å². The van der Waals surface area contributed by atoms with Gasteiger partial charge in [0.15, 0.2) is 6.61 Å². The molecule has 0 spiro atoms. The number of carbonyl (C=O) groups excluding carboxylic acids is 2. The molecule has 5 nitrogen and oxygen atoms in total. The second-order valence-electron chi connectivity index (χ2n) is 3.21. The lowest BCUT2D eigenvalue weighted by Crippen LogP contribution is -2.47. The Kier molecular flexibility index (Phi) is 4.32. The van der Waals surface area contributed by atoms with Crippen molar-refractivity contribution in [1.29, 1.82) is 0 Å². The Morgan fingerprint density at radius 1 is 1.38 bits per heavy atom. The molecule has 1 N–H and O–H groups in total. The summed E-state index contributed by atoms with van der Waals surface area (Å²) in [6, 6.07) is 7.76. The van der Waals surface area contributed by atoms with Gasteiger partial charge in [0.05, 0.1) is 12.0 Å². The molecule has 0 saturated heterocycles. The number of carbonyl (C=O) groups is 2. The van der Waals surface area contributed by atoms with E-state index < -0.39 is 17.9 Å². The average molecular weight is 222 g/mol. The van der Waals surface area contributed by atoms with Crippen LogP contribution in [0.15, 0.2) is 30.3 Å². The molecule has 0 unspecified atom stereocenters. The van der Waals surface area contributed by atoms with Crippen LogP contribution in [0, 0.1) is 0 Å². The summed E-state index contributed by atoms with van der Waals surface area (Å²) in [7, 11) is 0. The van der Waals surface area contributed by atoms with Gasteiger partial charge in [0.25, 0.3) is 5.91 Å². The number of amides is 1. The van der Waals surface area contributed by atoms with Gasteiger partial charge >= 0.3 is 0 Å². The lowest BCUT2D eigenvalue weighted by atomic mass is 10.3. The third kappa shape index (κ3) is 4.00. The van der Waals surface area contributed by atoms with Gasteiger partial charge in [-0.3, -0.25) is 4.79 Å². The number of hydrogen-bond donors (Lipinski definition) is 1. The molecule has 0 fully saturated rings. The summed E-state index contributed by atoms with van der Waals surface area (Å²) >= 11 is 0. The van der Waals surface area contributed by atoms with Gasteiger partial charge in [0.2, 0.25) is 0 Å². The Labute approximate surface area is 93.0 Å². The maximum atomic E-state index is 11.2. The molecule has 5 heteroatoms. The molecule has 0 aliphatic rings. The standard InChI is InChI=1S/C11H13NO4/c1-8(11(14)15)12-10(13)7-16-9-5-3-2-4-6-9/h2-6,8H,7H2,1H3,(H,12,13)(H,14,15)/p-1/t8-/m0/s1. The number of ether oxygens (including phenoxy) is 1. The number of nitrogens with one attached hydrogen (secondary N) is 1. The smallest absolute Gasteiger partial charge is 0.258 e. The summed E-state index contributed by atoms with van der Waals surface area (Å²) in [6.45, 7) is 1.11. The third-order valence-corrected chi connectivity index (χ3v) is 1.84. The highest BCUT2D eigenvalue weighted by Gasteiger charge is 2.08. The van der Waals surface area contributed by atoms with Crippen molar-refractivity contribution in [3.8, 4) is 5.75 Å². The molecule has 1 aromatic rings. The van der Waals surface area contributed by atoms with Crippen LogP contribution in [-0.4, -0.2) is 24.5 Å². The SMILES string of the molecule is C[C@H](NC(=O)COc1ccccc1)C(=O)[O-]. The molecule has 86 valence electrons. The number of aliphatic carboxylic acids is 1. The highest BCUT2D eigenvalue weighted by molar-refractivity contribution is 5.83. The number of hydrogen-bond acceptors (Lipinski definition) is 4. The highest BCUT2D eigenvalue weighted by Crippen LogP contribution is 2.07. The van der Waals surface area contributed by atoms with Crippen LogP contribution >= 0.6 is 0 Å². The maximum Gasteiger partial charge on any atom is 0.258 e. The monoisotopic (exact) mass is 222 g/mol. The van der Waals surface area contributed by atoms with Crippen molar-refractivity contribution >= 4 is 11.9 Å². The Morgan fingerprint density at radius 3 is 2.56 bits per heavy atom. The zero-order valence-corrected chi connectivity index (χ0v) is 8.80. The van der Waals surface area contributed by atoms with Crippen molar-refractivity contribution in [2.45, 2.75) is 13.0 Å². The number of carboxylic acid groups (broad SMARTS) is 1. The van der Waals surface area contributed by atoms with Crippen LogP contribution in [0.1, 0.15) is 6.92 Å². The predicted molar refractivity (Wildman–Crippen MR) is 54.5 cm³/mol. The lowest BCUT2D eigenvalue weighted by Gasteiger charge is -2.14. The molecule has 1 amide bonds. The summed E-state index contributed by atoms with van der Waals surface area (Å²) in [5.74, 6) is -1.27. The minimum absolute atomic E-state index is 0.221. The summed E-state index contributed by atoms with van der Waals surface area (Å²) in [4.78, 5) is 21.5.